The van der Waals surface area contributed by atoms with Gasteiger partial charge in [-0.05, 0) is 43.5 Å². The van der Waals surface area contributed by atoms with Crippen LogP contribution in [0.25, 0.3) is 11.0 Å². The number of rotatable bonds is 7. The monoisotopic (exact) mass is 451 g/mol. The number of ether oxygens (including phenoxy) is 1. The van der Waals surface area contributed by atoms with Crippen molar-refractivity contribution in [3.05, 3.63) is 47.9 Å². The normalized spacial score (nSPS) is 14.1. The molecule has 0 saturated heterocycles. The molecule has 9 heteroatoms. The minimum Gasteiger partial charge on any atom is -0.482 e. The van der Waals surface area contributed by atoms with Gasteiger partial charge < -0.3 is 24.9 Å². The van der Waals surface area contributed by atoms with Crippen LogP contribution in [0.1, 0.15) is 48.2 Å². The molecule has 0 aliphatic heterocycles. The highest BCUT2D eigenvalue weighted by Gasteiger charge is 2.27. The first-order chi connectivity index (χ1) is 15.9. The van der Waals surface area contributed by atoms with Gasteiger partial charge in [0.15, 0.2) is 6.61 Å². The molecule has 1 aliphatic rings. The van der Waals surface area contributed by atoms with Crippen LogP contribution < -0.4 is 15.4 Å². The number of anilines is 2. The Hall–Kier alpha value is -3.88. The third-order valence-corrected chi connectivity index (χ3v) is 5.61. The van der Waals surface area contributed by atoms with Gasteiger partial charge in [0.05, 0.1) is 0 Å². The third kappa shape index (κ3) is 5.31. The number of aromatic nitrogens is 1. The van der Waals surface area contributed by atoms with E-state index in [0.717, 1.165) is 37.7 Å². The van der Waals surface area contributed by atoms with Crippen molar-refractivity contribution in [2.24, 2.45) is 5.92 Å². The number of hydrogen-bond acceptors (Lipinski definition) is 6. The molecule has 0 bridgehead atoms. The number of carboxylic acids is 1. The van der Waals surface area contributed by atoms with Gasteiger partial charge in [0.25, 0.3) is 5.91 Å². The van der Waals surface area contributed by atoms with E-state index in [1.807, 2.05) is 13.0 Å². The van der Waals surface area contributed by atoms with E-state index in [4.69, 9.17) is 14.3 Å². The summed E-state index contributed by atoms with van der Waals surface area (Å²) in [7, 11) is 0. The predicted octanol–water partition coefficient (Wildman–Crippen LogP) is 4.37. The summed E-state index contributed by atoms with van der Waals surface area (Å²) < 4.78 is 11.0. The molecule has 4 rings (SSSR count). The van der Waals surface area contributed by atoms with Crippen LogP contribution in [0.4, 0.5) is 11.5 Å². The largest absolute Gasteiger partial charge is 0.482 e. The van der Waals surface area contributed by atoms with Gasteiger partial charge in [0.1, 0.15) is 22.8 Å². The number of nitrogens with zero attached hydrogens (tertiary/aromatic N) is 1. The Morgan fingerprint density at radius 2 is 1.91 bits per heavy atom. The first kappa shape index (κ1) is 22.3. The number of carbonyl (C=O) groups excluding carboxylic acids is 2. The van der Waals surface area contributed by atoms with Gasteiger partial charge in [0, 0.05) is 23.6 Å². The summed E-state index contributed by atoms with van der Waals surface area (Å²) in [4.78, 5) is 41.0. The fourth-order valence-corrected chi connectivity index (χ4v) is 3.90. The van der Waals surface area contributed by atoms with Crippen LogP contribution in [0.5, 0.6) is 5.75 Å². The van der Waals surface area contributed by atoms with Gasteiger partial charge in [-0.2, -0.15) is 0 Å². The summed E-state index contributed by atoms with van der Waals surface area (Å²) >= 11 is 0. The van der Waals surface area contributed by atoms with Crippen LogP contribution in [0.2, 0.25) is 0 Å². The van der Waals surface area contributed by atoms with Crippen LogP contribution in [-0.2, 0) is 9.59 Å². The molecule has 172 valence electrons. The lowest BCUT2D eigenvalue weighted by Crippen LogP contribution is -2.26. The zero-order valence-corrected chi connectivity index (χ0v) is 18.2. The molecule has 1 fully saturated rings. The number of aryl methyl sites for hydroxylation is 1. The van der Waals surface area contributed by atoms with Gasteiger partial charge in [-0.25, -0.2) is 9.78 Å². The molecule has 0 radical (unpaired) electrons. The third-order valence-electron chi connectivity index (χ3n) is 5.61. The average molecular weight is 451 g/mol. The Bertz CT molecular complexity index is 1180. The number of benzene rings is 1. The molecule has 0 unspecified atom stereocenters. The summed E-state index contributed by atoms with van der Waals surface area (Å²) in [5, 5.41) is 14.9. The van der Waals surface area contributed by atoms with Crippen molar-refractivity contribution < 1.29 is 28.6 Å². The van der Waals surface area contributed by atoms with Crippen molar-refractivity contribution in [1.82, 2.24) is 4.98 Å². The van der Waals surface area contributed by atoms with Crippen LogP contribution in [0.3, 0.4) is 0 Å². The van der Waals surface area contributed by atoms with E-state index in [9.17, 15) is 14.4 Å². The van der Waals surface area contributed by atoms with Gasteiger partial charge in [-0.15, -0.1) is 0 Å². The first-order valence-corrected chi connectivity index (χ1v) is 10.9. The minimum absolute atomic E-state index is 0.0630. The molecule has 0 spiro atoms. The molecule has 3 N–H and O–H groups in total. The molecule has 3 aromatic rings. The van der Waals surface area contributed by atoms with Crippen molar-refractivity contribution in [2.45, 2.75) is 39.0 Å². The second-order valence-electron chi connectivity index (χ2n) is 8.15. The molecule has 2 heterocycles. The summed E-state index contributed by atoms with van der Waals surface area (Å²) in [6.07, 6.45) is 6.37. The highest BCUT2D eigenvalue weighted by molar-refractivity contribution is 6.14. The fraction of sp³-hybridized carbons (Fsp3) is 0.333. The molecular formula is C24H25N3O6. The maximum atomic E-state index is 13.0. The molecule has 0 atom stereocenters. The van der Waals surface area contributed by atoms with E-state index < -0.39 is 18.5 Å². The molecule has 2 aromatic heterocycles. The van der Waals surface area contributed by atoms with Crippen molar-refractivity contribution in [1.29, 1.82) is 0 Å². The van der Waals surface area contributed by atoms with E-state index >= 15 is 0 Å². The van der Waals surface area contributed by atoms with Gasteiger partial charge in [-0.3, -0.25) is 9.59 Å². The average Bonchev–Trinajstić information content (AvgIpc) is 3.17. The first-order valence-electron chi connectivity index (χ1n) is 10.9. The van der Waals surface area contributed by atoms with Gasteiger partial charge in [0.2, 0.25) is 11.7 Å². The second kappa shape index (κ2) is 9.72. The van der Waals surface area contributed by atoms with Crippen LogP contribution in [-0.4, -0.2) is 34.5 Å². The molecular weight excluding hydrogens is 426 g/mol. The molecule has 1 aromatic carbocycles. The zero-order chi connectivity index (χ0) is 23.4. The summed E-state index contributed by atoms with van der Waals surface area (Å²) in [6, 6.07) is 8.19. The lowest BCUT2D eigenvalue weighted by Gasteiger charge is -2.20. The summed E-state index contributed by atoms with van der Waals surface area (Å²) in [5.74, 6) is -1.37. The quantitative estimate of drug-likeness (QED) is 0.486. The van der Waals surface area contributed by atoms with Gasteiger partial charge >= 0.3 is 5.97 Å². The van der Waals surface area contributed by atoms with Gasteiger partial charge in [-0.1, -0.05) is 25.3 Å². The molecule has 2 amide bonds. The number of pyridine rings is 1. The second-order valence-corrected chi connectivity index (χ2v) is 8.15. The van der Waals surface area contributed by atoms with E-state index in [0.29, 0.717) is 16.8 Å². The molecule has 1 aliphatic carbocycles. The Balaban J connectivity index is 1.66. The van der Waals surface area contributed by atoms with E-state index in [2.05, 4.69) is 15.6 Å². The lowest BCUT2D eigenvalue weighted by molar-refractivity contribution is -0.139. The standard InChI is InChI=1S/C24H25N3O6/c1-14-7-10-19(25-12-14)26-24(31)22-21(27-23(30)15-5-3-2-4-6-15)17-9-8-16(11-18(17)33-22)32-13-20(28)29/h7-12,15H,2-6,13H2,1H3,(H,27,30)(H,28,29)(H,25,26,31). The molecule has 9 nitrogen and oxygen atoms in total. The topological polar surface area (TPSA) is 131 Å². The number of furan rings is 1. The summed E-state index contributed by atoms with van der Waals surface area (Å²) in [6.45, 7) is 1.38. The Kier molecular flexibility index (Phi) is 6.58. The fourth-order valence-electron chi connectivity index (χ4n) is 3.90. The Labute approximate surface area is 190 Å². The number of fused-ring (bicyclic) bond motifs is 1. The zero-order valence-electron chi connectivity index (χ0n) is 18.2. The SMILES string of the molecule is Cc1ccc(NC(=O)c2oc3cc(OCC(=O)O)ccc3c2NC(=O)C2CCCCC2)nc1. The minimum atomic E-state index is -1.11. The molecule has 1 saturated carbocycles. The number of amides is 2. The highest BCUT2D eigenvalue weighted by Crippen LogP contribution is 2.35. The van der Waals surface area contributed by atoms with Crippen molar-refractivity contribution in [3.8, 4) is 5.75 Å². The van der Waals surface area contributed by atoms with Crippen molar-refractivity contribution >= 4 is 40.3 Å². The maximum Gasteiger partial charge on any atom is 0.341 e. The number of carboxylic acid groups (broad SMARTS) is 1. The summed E-state index contributed by atoms with van der Waals surface area (Å²) in [5.41, 5.74) is 1.51. The highest BCUT2D eigenvalue weighted by atomic mass is 16.5. The Morgan fingerprint density at radius 1 is 1.12 bits per heavy atom. The Morgan fingerprint density at radius 3 is 2.61 bits per heavy atom. The van der Waals surface area contributed by atoms with Crippen LogP contribution >= 0.6 is 0 Å². The van der Waals surface area contributed by atoms with Crippen LogP contribution in [0.15, 0.2) is 40.9 Å². The molecule has 33 heavy (non-hydrogen) atoms. The van der Waals surface area contributed by atoms with E-state index in [-0.39, 0.29) is 29.0 Å². The van der Waals surface area contributed by atoms with Crippen molar-refractivity contribution in [2.75, 3.05) is 17.2 Å². The number of aliphatic carboxylic acids is 1. The van der Waals surface area contributed by atoms with E-state index in [1.165, 1.54) is 6.07 Å². The lowest BCUT2D eigenvalue weighted by atomic mass is 9.88. The van der Waals surface area contributed by atoms with Crippen LogP contribution in [0, 0.1) is 12.8 Å². The van der Waals surface area contributed by atoms with Crippen molar-refractivity contribution in [3.63, 3.8) is 0 Å². The number of hydrogen-bond donors (Lipinski definition) is 3. The van der Waals surface area contributed by atoms with E-state index in [1.54, 1.807) is 24.4 Å². The maximum absolute atomic E-state index is 13.0. The smallest absolute Gasteiger partial charge is 0.341 e. The number of nitrogens with one attached hydrogen (secondary N) is 2. The predicted molar refractivity (Wildman–Crippen MR) is 121 cm³/mol. The number of carbonyl (C=O) groups is 3.